The first kappa shape index (κ1) is 9.84. The van der Waals surface area contributed by atoms with Gasteiger partial charge in [-0.05, 0) is 25.7 Å². The molecule has 1 amide bonds. The number of alkyl halides is 1. The zero-order valence-corrected chi connectivity index (χ0v) is 8.59. The lowest BCUT2D eigenvalue weighted by atomic mass is 10.0. The maximum atomic E-state index is 10.8. The average Bonchev–Trinajstić information content (AvgIpc) is 2.05. The fourth-order valence-electron chi connectivity index (χ4n) is 1.68. The van der Waals surface area contributed by atoms with Crippen LogP contribution in [0.3, 0.4) is 0 Å². The minimum Gasteiger partial charge on any atom is -0.465 e. The number of likely N-dealkylation sites (tertiary alicyclic amines) is 1. The monoisotopic (exact) mass is 235 g/mol. The second-order valence-corrected chi connectivity index (χ2v) is 3.90. The Labute approximate surface area is 80.9 Å². The summed E-state index contributed by atoms with van der Waals surface area (Å²) in [6.45, 7) is 0.715. The topological polar surface area (TPSA) is 40.5 Å². The van der Waals surface area contributed by atoms with Gasteiger partial charge in [0.05, 0.1) is 0 Å². The van der Waals surface area contributed by atoms with E-state index in [-0.39, 0.29) is 6.04 Å². The highest BCUT2D eigenvalue weighted by atomic mass is 79.9. The van der Waals surface area contributed by atoms with Gasteiger partial charge >= 0.3 is 6.09 Å². The molecule has 0 aromatic carbocycles. The van der Waals surface area contributed by atoms with E-state index in [1.165, 1.54) is 6.42 Å². The molecular formula is C8H14BrNO2. The smallest absolute Gasteiger partial charge is 0.407 e. The average molecular weight is 236 g/mol. The van der Waals surface area contributed by atoms with Crippen molar-refractivity contribution < 1.29 is 9.90 Å². The van der Waals surface area contributed by atoms with Crippen LogP contribution in [0.5, 0.6) is 0 Å². The van der Waals surface area contributed by atoms with Gasteiger partial charge < -0.3 is 10.0 Å². The van der Waals surface area contributed by atoms with E-state index < -0.39 is 6.09 Å². The van der Waals surface area contributed by atoms with Crippen LogP contribution in [0.4, 0.5) is 4.79 Å². The van der Waals surface area contributed by atoms with Gasteiger partial charge in [0.2, 0.25) is 0 Å². The van der Waals surface area contributed by atoms with E-state index >= 15 is 0 Å². The minimum atomic E-state index is -0.763. The van der Waals surface area contributed by atoms with Gasteiger partial charge in [0.15, 0.2) is 0 Å². The van der Waals surface area contributed by atoms with Crippen LogP contribution < -0.4 is 0 Å². The molecule has 1 aliphatic rings. The summed E-state index contributed by atoms with van der Waals surface area (Å²) in [7, 11) is 0. The number of hydrogen-bond acceptors (Lipinski definition) is 1. The Morgan fingerprint density at radius 2 is 2.33 bits per heavy atom. The Morgan fingerprint density at radius 1 is 1.58 bits per heavy atom. The number of halogens is 1. The number of carboxylic acid groups (broad SMARTS) is 1. The third-order valence-corrected chi connectivity index (χ3v) is 2.77. The Morgan fingerprint density at radius 3 is 2.92 bits per heavy atom. The summed E-state index contributed by atoms with van der Waals surface area (Å²) in [5.41, 5.74) is 0. The number of carbonyl (C=O) groups is 1. The van der Waals surface area contributed by atoms with Crippen molar-refractivity contribution >= 4 is 22.0 Å². The normalized spacial score (nSPS) is 24.1. The highest BCUT2D eigenvalue weighted by molar-refractivity contribution is 9.09. The van der Waals surface area contributed by atoms with E-state index in [1.54, 1.807) is 4.90 Å². The molecule has 1 fully saturated rings. The molecule has 12 heavy (non-hydrogen) atoms. The van der Waals surface area contributed by atoms with Gasteiger partial charge in [-0.2, -0.15) is 0 Å². The molecule has 0 unspecified atom stereocenters. The van der Waals surface area contributed by atoms with E-state index in [0.29, 0.717) is 6.54 Å². The highest BCUT2D eigenvalue weighted by Crippen LogP contribution is 2.20. The van der Waals surface area contributed by atoms with E-state index in [9.17, 15) is 4.79 Å². The lowest BCUT2D eigenvalue weighted by Crippen LogP contribution is -2.43. The number of piperidine rings is 1. The summed E-state index contributed by atoms with van der Waals surface area (Å²) in [6.07, 6.45) is 3.39. The SMILES string of the molecule is O=C(O)N1CCCC[C@H]1CCBr. The summed E-state index contributed by atoms with van der Waals surface area (Å²) in [5, 5.41) is 9.74. The second-order valence-electron chi connectivity index (χ2n) is 3.10. The van der Waals surface area contributed by atoms with Gasteiger partial charge in [-0.1, -0.05) is 15.9 Å². The van der Waals surface area contributed by atoms with Gasteiger partial charge in [-0.15, -0.1) is 0 Å². The number of nitrogens with zero attached hydrogens (tertiary/aromatic N) is 1. The van der Waals surface area contributed by atoms with Crippen LogP contribution in [0.1, 0.15) is 25.7 Å². The minimum absolute atomic E-state index is 0.246. The van der Waals surface area contributed by atoms with Crippen molar-refractivity contribution in [3.63, 3.8) is 0 Å². The standard InChI is InChI=1S/C8H14BrNO2/c9-5-4-7-3-1-2-6-10(7)8(11)12/h7H,1-6H2,(H,11,12)/t7-/m0/s1. The molecule has 1 rings (SSSR count). The first-order valence-corrected chi connectivity index (χ1v) is 5.43. The summed E-state index contributed by atoms with van der Waals surface area (Å²) < 4.78 is 0. The molecule has 0 aromatic rings. The molecule has 4 heteroatoms. The molecule has 0 spiro atoms. The van der Waals surface area contributed by atoms with Crippen molar-refractivity contribution in [3.05, 3.63) is 0 Å². The molecule has 3 nitrogen and oxygen atoms in total. The Hall–Kier alpha value is -0.250. The van der Waals surface area contributed by atoms with Crippen molar-refractivity contribution in [2.45, 2.75) is 31.7 Å². The third-order valence-electron chi connectivity index (χ3n) is 2.32. The van der Waals surface area contributed by atoms with Crippen molar-refractivity contribution in [1.29, 1.82) is 0 Å². The van der Waals surface area contributed by atoms with Crippen molar-refractivity contribution in [2.75, 3.05) is 11.9 Å². The zero-order valence-electron chi connectivity index (χ0n) is 7.00. The second kappa shape index (κ2) is 4.70. The lowest BCUT2D eigenvalue weighted by molar-refractivity contribution is 0.106. The van der Waals surface area contributed by atoms with Crippen molar-refractivity contribution in [3.8, 4) is 0 Å². The highest BCUT2D eigenvalue weighted by Gasteiger charge is 2.25. The molecule has 0 bridgehead atoms. The largest absolute Gasteiger partial charge is 0.465 e. The van der Waals surface area contributed by atoms with Crippen molar-refractivity contribution in [1.82, 2.24) is 4.90 Å². The fourth-order valence-corrected chi connectivity index (χ4v) is 2.21. The van der Waals surface area contributed by atoms with Crippen LogP contribution in [-0.4, -0.2) is 34.0 Å². The van der Waals surface area contributed by atoms with Crippen LogP contribution in [0.25, 0.3) is 0 Å². The van der Waals surface area contributed by atoms with E-state index in [2.05, 4.69) is 15.9 Å². The van der Waals surface area contributed by atoms with E-state index in [1.807, 2.05) is 0 Å². The fraction of sp³-hybridized carbons (Fsp3) is 0.875. The molecule has 0 saturated carbocycles. The number of rotatable bonds is 2. The summed E-state index contributed by atoms with van der Waals surface area (Å²) in [4.78, 5) is 12.3. The van der Waals surface area contributed by atoms with Crippen LogP contribution in [0, 0.1) is 0 Å². The number of hydrogen-bond donors (Lipinski definition) is 1. The van der Waals surface area contributed by atoms with Gasteiger partial charge in [0.25, 0.3) is 0 Å². The Bertz CT molecular complexity index is 161. The summed E-state index contributed by atoms with van der Waals surface area (Å²) in [5.74, 6) is 0. The maximum Gasteiger partial charge on any atom is 0.407 e. The molecule has 70 valence electrons. The molecule has 0 aromatic heterocycles. The van der Waals surface area contributed by atoms with E-state index in [0.717, 1.165) is 24.6 Å². The van der Waals surface area contributed by atoms with Crippen LogP contribution in [0.15, 0.2) is 0 Å². The van der Waals surface area contributed by atoms with Gasteiger partial charge in [0, 0.05) is 17.9 Å². The molecule has 1 atom stereocenters. The van der Waals surface area contributed by atoms with Gasteiger partial charge in [0.1, 0.15) is 0 Å². The molecule has 1 heterocycles. The number of amides is 1. The zero-order chi connectivity index (χ0) is 8.97. The third kappa shape index (κ3) is 2.37. The van der Waals surface area contributed by atoms with Gasteiger partial charge in [-0.3, -0.25) is 0 Å². The molecule has 0 aliphatic carbocycles. The van der Waals surface area contributed by atoms with Crippen LogP contribution >= 0.6 is 15.9 Å². The van der Waals surface area contributed by atoms with E-state index in [4.69, 9.17) is 5.11 Å². The molecular weight excluding hydrogens is 222 g/mol. The van der Waals surface area contributed by atoms with Crippen molar-refractivity contribution in [2.24, 2.45) is 0 Å². The maximum absolute atomic E-state index is 10.8. The molecule has 1 aliphatic heterocycles. The quantitative estimate of drug-likeness (QED) is 0.747. The predicted octanol–water partition coefficient (Wildman–Crippen LogP) is 2.30. The predicted molar refractivity (Wildman–Crippen MR) is 50.8 cm³/mol. The molecule has 0 radical (unpaired) electrons. The Kier molecular flexibility index (Phi) is 3.85. The Balaban J connectivity index is 2.48. The summed E-state index contributed by atoms with van der Waals surface area (Å²) in [6, 6.07) is 0.246. The van der Waals surface area contributed by atoms with Crippen LogP contribution in [-0.2, 0) is 0 Å². The first-order chi connectivity index (χ1) is 5.75. The molecule has 1 saturated heterocycles. The summed E-state index contributed by atoms with van der Waals surface area (Å²) >= 11 is 3.34. The lowest BCUT2D eigenvalue weighted by Gasteiger charge is -2.33. The first-order valence-electron chi connectivity index (χ1n) is 4.31. The van der Waals surface area contributed by atoms with Crippen LogP contribution in [0.2, 0.25) is 0 Å². The molecule has 1 N–H and O–H groups in total. The van der Waals surface area contributed by atoms with Gasteiger partial charge in [-0.25, -0.2) is 4.79 Å².